The van der Waals surface area contributed by atoms with Crippen LogP contribution in [0.15, 0.2) is 89.5 Å². The van der Waals surface area contributed by atoms with Gasteiger partial charge in [-0.05, 0) is 82.6 Å². The van der Waals surface area contributed by atoms with Crippen molar-refractivity contribution in [3.05, 3.63) is 108 Å². The number of rotatable bonds is 18. The Morgan fingerprint density at radius 1 is 0.915 bits per heavy atom. The molecular formula is C43H53N4O10S2+. The molecule has 2 amide bonds. The summed E-state index contributed by atoms with van der Waals surface area (Å²) >= 11 is 0. The summed E-state index contributed by atoms with van der Waals surface area (Å²) in [5.74, 6) is -2.03. The van der Waals surface area contributed by atoms with Gasteiger partial charge in [-0.2, -0.15) is 21.4 Å². The Kier molecular flexibility index (Phi) is 14.0. The van der Waals surface area contributed by atoms with Crippen LogP contribution < -0.4 is 4.90 Å². The lowest BCUT2D eigenvalue weighted by atomic mass is 9.81. The van der Waals surface area contributed by atoms with Crippen molar-refractivity contribution in [1.82, 2.24) is 9.96 Å². The number of benzene rings is 2. The lowest BCUT2D eigenvalue weighted by Gasteiger charge is -2.27. The van der Waals surface area contributed by atoms with Crippen molar-refractivity contribution in [3.63, 3.8) is 0 Å². The zero-order valence-corrected chi connectivity index (χ0v) is 35.8. The van der Waals surface area contributed by atoms with Crippen LogP contribution in [0.3, 0.4) is 0 Å². The lowest BCUT2D eigenvalue weighted by Crippen LogP contribution is -2.32. The lowest BCUT2D eigenvalue weighted by molar-refractivity contribution is -0.436. The minimum atomic E-state index is -4.37. The summed E-state index contributed by atoms with van der Waals surface area (Å²) in [5.41, 5.74) is 5.47. The van der Waals surface area contributed by atoms with E-state index < -0.39 is 48.8 Å². The van der Waals surface area contributed by atoms with E-state index in [-0.39, 0.29) is 36.3 Å². The van der Waals surface area contributed by atoms with Gasteiger partial charge in [-0.3, -0.25) is 18.7 Å². The van der Waals surface area contributed by atoms with Gasteiger partial charge < -0.3 is 14.6 Å². The van der Waals surface area contributed by atoms with Crippen LogP contribution in [0.25, 0.3) is 0 Å². The number of nitrogens with zero attached hydrogens (tertiary/aromatic N) is 4. The van der Waals surface area contributed by atoms with Crippen molar-refractivity contribution in [2.45, 2.75) is 88.5 Å². The molecule has 59 heavy (non-hydrogen) atoms. The van der Waals surface area contributed by atoms with E-state index in [1.165, 1.54) is 12.1 Å². The van der Waals surface area contributed by atoms with Gasteiger partial charge in [0.05, 0.1) is 16.1 Å². The molecule has 0 bridgehead atoms. The molecule has 2 radical (unpaired) electrons. The summed E-state index contributed by atoms with van der Waals surface area (Å²) in [4.78, 5) is 44.7. The number of hydrogen-bond acceptors (Lipinski definition) is 10. The van der Waals surface area contributed by atoms with E-state index in [0.29, 0.717) is 44.1 Å². The number of hydrogen-bond donors (Lipinski definition) is 2. The Morgan fingerprint density at radius 2 is 1.59 bits per heavy atom. The van der Waals surface area contributed by atoms with Crippen LogP contribution in [0.4, 0.5) is 11.4 Å². The number of fused-ring (bicyclic) bond motifs is 2. The Hall–Kier alpha value is -4.74. The molecular weight excluding hydrogens is 797 g/mol. The van der Waals surface area contributed by atoms with E-state index in [2.05, 4.69) is 34.3 Å². The monoisotopic (exact) mass is 849 g/mol. The number of anilines is 1. The van der Waals surface area contributed by atoms with E-state index in [0.717, 1.165) is 39.5 Å². The van der Waals surface area contributed by atoms with Gasteiger partial charge in [0.2, 0.25) is 5.69 Å². The van der Waals surface area contributed by atoms with Gasteiger partial charge in [-0.25, -0.2) is 4.79 Å². The van der Waals surface area contributed by atoms with E-state index in [4.69, 9.17) is 11.8 Å². The Labute approximate surface area is 347 Å². The largest absolute Gasteiger partial charge is 0.344 e. The molecule has 1 saturated heterocycles. The number of carbonyl (C=O) groups is 3. The molecule has 0 unspecified atom stereocenters. The van der Waals surface area contributed by atoms with Crippen LogP contribution in [0.2, 0.25) is 0 Å². The van der Waals surface area contributed by atoms with Gasteiger partial charge >= 0.3 is 5.97 Å². The number of imide groups is 1. The van der Waals surface area contributed by atoms with Crippen molar-refractivity contribution in [1.29, 1.82) is 0 Å². The van der Waals surface area contributed by atoms with Crippen LogP contribution in [0, 0.1) is 6.92 Å². The Bertz CT molecular complexity index is 2340. The third-order valence-electron chi connectivity index (χ3n) is 10.8. The molecule has 16 heteroatoms. The first kappa shape index (κ1) is 45.3. The standard InChI is InChI=1S/C43H52N4O10S2/c1-7-24-45-36-21-19-32(59(54,55)56)29-34(36)43(4,5)37(45)15-11-9-8-10-12-16-38-42(2,3)33-28-31(18-20-35(33)46(38)26-14-27-58(51,52)53)30-44(6)25-13-17-41(50)57-47-39(48)22-23-40(47)49/h1,8-12,15-16,18-21,28-29H,7,13-14,17,22-27,30H2,2-6H3,(H-,51,52,53,54,55,56)/p+1. The van der Waals surface area contributed by atoms with E-state index >= 15 is 0 Å². The van der Waals surface area contributed by atoms with Crippen molar-refractivity contribution < 1.29 is 49.7 Å². The molecule has 3 heterocycles. The summed E-state index contributed by atoms with van der Waals surface area (Å²) in [6, 6.07) is 10.7. The number of hydroxylamine groups is 2. The Morgan fingerprint density at radius 3 is 2.25 bits per heavy atom. The second-order valence-corrected chi connectivity index (χ2v) is 18.9. The summed E-state index contributed by atoms with van der Waals surface area (Å²) in [6.07, 6.45) is 14.6. The highest BCUT2D eigenvalue weighted by Gasteiger charge is 2.45. The zero-order valence-electron chi connectivity index (χ0n) is 34.1. The third kappa shape index (κ3) is 10.7. The number of amides is 2. The van der Waals surface area contributed by atoms with Crippen LogP contribution >= 0.6 is 0 Å². The molecule has 2 aromatic rings. The number of carbonyl (C=O) groups excluding carboxylic acids is 3. The average Bonchev–Trinajstić information content (AvgIpc) is 3.65. The number of allylic oxidation sites excluding steroid dienone is 8. The third-order valence-corrected chi connectivity index (χ3v) is 12.4. The quantitative estimate of drug-likeness (QED) is 0.0791. The first-order valence-corrected chi connectivity index (χ1v) is 22.5. The van der Waals surface area contributed by atoms with Crippen molar-refractivity contribution in [3.8, 4) is 0 Å². The van der Waals surface area contributed by atoms with E-state index in [9.17, 15) is 40.3 Å². The Balaban J connectivity index is 1.28. The molecule has 3 aliphatic rings. The van der Waals surface area contributed by atoms with Gasteiger partial charge in [0.1, 0.15) is 6.54 Å². The van der Waals surface area contributed by atoms with Gasteiger partial charge in [0, 0.05) is 73.3 Å². The minimum absolute atomic E-state index is 0.0410. The second-order valence-electron chi connectivity index (χ2n) is 15.9. The molecule has 0 spiro atoms. The van der Waals surface area contributed by atoms with Gasteiger partial charge in [0.15, 0.2) is 5.71 Å². The molecule has 0 aromatic heterocycles. The fourth-order valence-corrected chi connectivity index (χ4v) is 8.83. The average molecular weight is 850 g/mol. The minimum Gasteiger partial charge on any atom is -0.344 e. The van der Waals surface area contributed by atoms with Crippen LogP contribution in [0.1, 0.15) is 82.9 Å². The molecule has 316 valence electrons. The molecule has 2 aromatic carbocycles. The molecule has 2 N–H and O–H groups in total. The van der Waals surface area contributed by atoms with Crippen LogP contribution in [-0.4, -0.2) is 96.4 Å². The molecule has 14 nitrogen and oxygen atoms in total. The molecule has 3 aliphatic heterocycles. The molecule has 0 aliphatic carbocycles. The summed E-state index contributed by atoms with van der Waals surface area (Å²) in [6.45, 7) is 16.2. The van der Waals surface area contributed by atoms with Gasteiger partial charge in [-0.1, -0.05) is 56.4 Å². The summed E-state index contributed by atoms with van der Waals surface area (Å²) in [7, 11) is -6.58. The normalized spacial score (nSPS) is 18.5. The van der Waals surface area contributed by atoms with Crippen LogP contribution in [-0.2, 0) is 56.8 Å². The predicted octanol–water partition coefficient (Wildman–Crippen LogP) is 5.86. The maximum atomic E-state index is 12.2. The fraction of sp³-hybridized carbons (Fsp3) is 0.419. The molecule has 1 fully saturated rings. The van der Waals surface area contributed by atoms with Gasteiger partial charge in [-0.15, -0.1) is 5.06 Å². The first-order valence-electron chi connectivity index (χ1n) is 19.5. The molecule has 0 saturated carbocycles. The molecule has 0 atom stereocenters. The smallest absolute Gasteiger partial charge is 0.333 e. The van der Waals surface area contributed by atoms with Crippen molar-refractivity contribution in [2.75, 3.05) is 37.3 Å². The summed E-state index contributed by atoms with van der Waals surface area (Å²) < 4.78 is 68.1. The summed E-state index contributed by atoms with van der Waals surface area (Å²) in [5, 5.41) is 0.558. The highest BCUT2D eigenvalue weighted by atomic mass is 32.2. The molecule has 5 rings (SSSR count). The van der Waals surface area contributed by atoms with Crippen LogP contribution in [0.5, 0.6) is 0 Å². The second kappa shape index (κ2) is 18.3. The van der Waals surface area contributed by atoms with Gasteiger partial charge in [0.25, 0.3) is 32.1 Å². The topological polar surface area (TPSA) is 182 Å². The predicted molar refractivity (Wildman–Crippen MR) is 224 cm³/mol. The highest BCUT2D eigenvalue weighted by Crippen LogP contribution is 2.48. The first-order chi connectivity index (χ1) is 27.6. The van der Waals surface area contributed by atoms with Crippen molar-refractivity contribution >= 4 is 55.1 Å². The SMILES string of the molecule is [CH]CC[N+]1=C(/C=C/C=C/C=C/C=C2/N(CCCS(=O)(=O)O)c3ccc(CN(C)CCCC(=O)ON4C(=O)CCC4=O)cc3C2(C)C)C(C)(C)c2cc(S(=O)(=O)O)ccc21. The maximum Gasteiger partial charge on any atom is 0.333 e. The maximum absolute atomic E-state index is 12.2. The van der Waals surface area contributed by atoms with E-state index in [1.807, 2.05) is 75.6 Å². The zero-order chi connectivity index (χ0) is 43.3. The highest BCUT2D eigenvalue weighted by molar-refractivity contribution is 7.86. The van der Waals surface area contributed by atoms with E-state index in [1.54, 1.807) is 6.07 Å². The van der Waals surface area contributed by atoms with Crippen molar-refractivity contribution in [2.24, 2.45) is 0 Å². The fourth-order valence-electron chi connectivity index (χ4n) is 7.83.